The maximum atomic E-state index is 10.7. The van der Waals surface area contributed by atoms with Crippen molar-refractivity contribution in [2.75, 3.05) is 14.1 Å². The van der Waals surface area contributed by atoms with Gasteiger partial charge in [0.05, 0.1) is 0 Å². The van der Waals surface area contributed by atoms with Gasteiger partial charge in [0, 0.05) is 31.4 Å². The predicted molar refractivity (Wildman–Crippen MR) is 71.5 cm³/mol. The SMILES string of the molecule is CN(C)/C=C(\C=C\C(N)=O)c1ccc(Cl)cc1. The average Bonchev–Trinajstić information content (AvgIpc) is 2.25. The minimum atomic E-state index is -0.469. The van der Waals surface area contributed by atoms with Crippen LogP contribution in [0.25, 0.3) is 5.57 Å². The highest BCUT2D eigenvalue weighted by atomic mass is 35.5. The van der Waals surface area contributed by atoms with Gasteiger partial charge < -0.3 is 10.6 Å². The molecular formula is C13H15ClN2O. The molecule has 1 aromatic rings. The van der Waals surface area contributed by atoms with Gasteiger partial charge >= 0.3 is 0 Å². The Morgan fingerprint density at radius 2 is 1.82 bits per heavy atom. The van der Waals surface area contributed by atoms with Crippen LogP contribution in [0, 0.1) is 0 Å². The number of carbonyl (C=O) groups is 1. The van der Waals surface area contributed by atoms with Gasteiger partial charge in [-0.3, -0.25) is 4.79 Å². The number of allylic oxidation sites excluding steroid dienone is 2. The van der Waals surface area contributed by atoms with E-state index in [1.807, 2.05) is 37.3 Å². The van der Waals surface area contributed by atoms with E-state index < -0.39 is 5.91 Å². The molecule has 1 aromatic carbocycles. The first-order valence-electron chi connectivity index (χ1n) is 5.11. The molecule has 3 nitrogen and oxygen atoms in total. The Bertz CT molecular complexity index is 447. The lowest BCUT2D eigenvalue weighted by molar-refractivity contribution is -0.113. The molecule has 0 aliphatic rings. The Labute approximate surface area is 106 Å². The Kier molecular flexibility index (Phi) is 4.79. The fraction of sp³-hybridized carbons (Fsp3) is 0.154. The maximum Gasteiger partial charge on any atom is 0.241 e. The van der Waals surface area contributed by atoms with E-state index in [0.29, 0.717) is 5.02 Å². The van der Waals surface area contributed by atoms with Crippen molar-refractivity contribution >= 4 is 23.1 Å². The molecule has 90 valence electrons. The lowest BCUT2D eigenvalue weighted by atomic mass is 10.1. The third kappa shape index (κ3) is 4.74. The fourth-order valence-corrected chi connectivity index (χ4v) is 1.43. The molecular weight excluding hydrogens is 236 g/mol. The summed E-state index contributed by atoms with van der Waals surface area (Å²) in [5.41, 5.74) is 6.95. The van der Waals surface area contributed by atoms with Crippen LogP contribution in [0.2, 0.25) is 5.02 Å². The number of hydrogen-bond donors (Lipinski definition) is 1. The number of nitrogens with zero attached hydrogens (tertiary/aromatic N) is 1. The van der Waals surface area contributed by atoms with Crippen molar-refractivity contribution < 1.29 is 4.79 Å². The molecule has 0 radical (unpaired) electrons. The third-order valence-corrected chi connectivity index (χ3v) is 2.25. The molecule has 0 aliphatic carbocycles. The van der Waals surface area contributed by atoms with Crippen molar-refractivity contribution in [3.63, 3.8) is 0 Å². The van der Waals surface area contributed by atoms with E-state index in [9.17, 15) is 4.79 Å². The first-order valence-corrected chi connectivity index (χ1v) is 5.48. The number of amides is 1. The summed E-state index contributed by atoms with van der Waals surface area (Å²) in [7, 11) is 3.82. The molecule has 1 amide bonds. The normalized spacial score (nSPS) is 11.8. The second-order valence-corrected chi connectivity index (χ2v) is 4.23. The molecule has 0 heterocycles. The van der Waals surface area contributed by atoms with Crippen LogP contribution in [0.5, 0.6) is 0 Å². The fourth-order valence-electron chi connectivity index (χ4n) is 1.31. The molecule has 0 unspecified atom stereocenters. The molecule has 0 atom stereocenters. The van der Waals surface area contributed by atoms with E-state index in [1.54, 1.807) is 18.2 Å². The first-order chi connectivity index (χ1) is 7.99. The number of carbonyl (C=O) groups excluding carboxylic acids is 1. The largest absolute Gasteiger partial charge is 0.383 e. The van der Waals surface area contributed by atoms with Crippen LogP contribution in [0.1, 0.15) is 5.56 Å². The molecule has 0 aromatic heterocycles. The van der Waals surface area contributed by atoms with E-state index in [-0.39, 0.29) is 0 Å². The summed E-state index contributed by atoms with van der Waals surface area (Å²) in [6, 6.07) is 7.39. The molecule has 0 bridgehead atoms. The van der Waals surface area contributed by atoms with Gasteiger partial charge in [0.15, 0.2) is 0 Å². The van der Waals surface area contributed by atoms with Gasteiger partial charge in [0.2, 0.25) is 5.91 Å². The number of rotatable bonds is 4. The van der Waals surface area contributed by atoms with Crippen LogP contribution in [-0.2, 0) is 4.79 Å². The van der Waals surface area contributed by atoms with Crippen molar-refractivity contribution in [1.29, 1.82) is 0 Å². The molecule has 0 saturated heterocycles. The summed E-state index contributed by atoms with van der Waals surface area (Å²) in [5, 5.41) is 0.678. The Hall–Kier alpha value is -1.74. The number of hydrogen-bond acceptors (Lipinski definition) is 2. The molecule has 0 fully saturated rings. The molecule has 17 heavy (non-hydrogen) atoms. The van der Waals surface area contributed by atoms with Crippen molar-refractivity contribution in [2.45, 2.75) is 0 Å². The second-order valence-electron chi connectivity index (χ2n) is 3.79. The van der Waals surface area contributed by atoms with Gasteiger partial charge in [-0.25, -0.2) is 0 Å². The van der Waals surface area contributed by atoms with Crippen LogP contribution in [0.15, 0.2) is 42.6 Å². The van der Waals surface area contributed by atoms with Crippen LogP contribution in [0.4, 0.5) is 0 Å². The van der Waals surface area contributed by atoms with Crippen molar-refractivity contribution in [3.8, 4) is 0 Å². The van der Waals surface area contributed by atoms with Crippen LogP contribution in [-0.4, -0.2) is 24.9 Å². The van der Waals surface area contributed by atoms with Crippen LogP contribution >= 0.6 is 11.6 Å². The van der Waals surface area contributed by atoms with Crippen molar-refractivity contribution in [2.24, 2.45) is 5.73 Å². The minimum Gasteiger partial charge on any atom is -0.383 e. The van der Waals surface area contributed by atoms with Crippen molar-refractivity contribution in [1.82, 2.24) is 4.90 Å². The summed E-state index contributed by atoms with van der Waals surface area (Å²) in [4.78, 5) is 12.6. The second kappa shape index (κ2) is 6.11. The monoisotopic (exact) mass is 250 g/mol. The smallest absolute Gasteiger partial charge is 0.241 e. The molecule has 0 spiro atoms. The van der Waals surface area contributed by atoms with E-state index in [4.69, 9.17) is 17.3 Å². The zero-order valence-electron chi connectivity index (χ0n) is 9.85. The Balaban J connectivity index is 3.06. The van der Waals surface area contributed by atoms with E-state index >= 15 is 0 Å². The van der Waals surface area contributed by atoms with Crippen LogP contribution < -0.4 is 5.73 Å². The van der Waals surface area contributed by atoms with Gasteiger partial charge in [-0.2, -0.15) is 0 Å². The van der Waals surface area contributed by atoms with Crippen molar-refractivity contribution in [3.05, 3.63) is 53.2 Å². The topological polar surface area (TPSA) is 46.3 Å². The lowest BCUT2D eigenvalue weighted by Crippen LogP contribution is -2.06. The highest BCUT2D eigenvalue weighted by Gasteiger charge is 1.99. The Morgan fingerprint density at radius 3 is 2.29 bits per heavy atom. The summed E-state index contributed by atoms with van der Waals surface area (Å²) in [5.74, 6) is -0.469. The molecule has 0 saturated carbocycles. The standard InChI is InChI=1S/C13H15ClN2O/c1-16(2)9-11(5-8-13(15)17)10-3-6-12(14)7-4-10/h3-9H,1-2H3,(H2,15,17)/b8-5+,11-9+. The zero-order chi connectivity index (χ0) is 12.8. The average molecular weight is 251 g/mol. The molecule has 1 rings (SSSR count). The maximum absolute atomic E-state index is 10.7. The van der Waals surface area contributed by atoms with Gasteiger partial charge in [0.1, 0.15) is 0 Å². The number of halogens is 1. The minimum absolute atomic E-state index is 0.469. The molecule has 0 aliphatic heterocycles. The van der Waals surface area contributed by atoms with Gasteiger partial charge in [-0.05, 0) is 29.3 Å². The van der Waals surface area contributed by atoms with E-state index in [0.717, 1.165) is 11.1 Å². The highest BCUT2D eigenvalue weighted by molar-refractivity contribution is 6.30. The van der Waals surface area contributed by atoms with E-state index in [2.05, 4.69) is 0 Å². The van der Waals surface area contributed by atoms with E-state index in [1.165, 1.54) is 6.08 Å². The zero-order valence-corrected chi connectivity index (χ0v) is 10.6. The molecule has 4 heteroatoms. The van der Waals surface area contributed by atoms with Gasteiger partial charge in [0.25, 0.3) is 0 Å². The van der Waals surface area contributed by atoms with Gasteiger partial charge in [-0.1, -0.05) is 23.7 Å². The summed E-state index contributed by atoms with van der Waals surface area (Å²) < 4.78 is 0. The summed E-state index contributed by atoms with van der Waals surface area (Å²) >= 11 is 5.83. The highest BCUT2D eigenvalue weighted by Crippen LogP contribution is 2.19. The quantitative estimate of drug-likeness (QED) is 0.658. The summed E-state index contributed by atoms with van der Waals surface area (Å²) in [6.45, 7) is 0. The predicted octanol–water partition coefficient (Wildman–Crippen LogP) is 2.28. The first kappa shape index (κ1) is 13.3. The lowest BCUT2D eigenvalue weighted by Gasteiger charge is -2.09. The number of benzene rings is 1. The molecule has 2 N–H and O–H groups in total. The van der Waals surface area contributed by atoms with Crippen LogP contribution in [0.3, 0.4) is 0 Å². The summed E-state index contributed by atoms with van der Waals surface area (Å²) in [6.07, 6.45) is 4.93. The van der Waals surface area contributed by atoms with Gasteiger partial charge in [-0.15, -0.1) is 0 Å². The number of nitrogens with two attached hydrogens (primary N) is 1. The Morgan fingerprint density at radius 1 is 1.24 bits per heavy atom. The third-order valence-electron chi connectivity index (χ3n) is 2.00. The number of primary amides is 1.